The first-order chi connectivity index (χ1) is 7.95. The molecule has 94 valence electrons. The minimum Gasteiger partial charge on any atom is -0.496 e. The molecule has 0 radical (unpaired) electrons. The molecule has 0 saturated carbocycles. The van der Waals surface area contributed by atoms with Crippen LogP contribution in [0.5, 0.6) is 5.75 Å². The van der Waals surface area contributed by atoms with Gasteiger partial charge in [0.05, 0.1) is 13.5 Å². The third-order valence-corrected chi connectivity index (χ3v) is 3.04. The summed E-state index contributed by atoms with van der Waals surface area (Å²) in [5.74, 6) is -0.126. The molecule has 0 bridgehead atoms. The number of nitrogens with zero attached hydrogens (tertiary/aromatic N) is 1. The van der Waals surface area contributed by atoms with Crippen LogP contribution in [-0.2, 0) is 4.79 Å². The fourth-order valence-corrected chi connectivity index (χ4v) is 2.08. The van der Waals surface area contributed by atoms with Gasteiger partial charge in [0.15, 0.2) is 0 Å². The average Bonchev–Trinajstić information content (AvgIpc) is 2.25. The molecule has 0 amide bonds. The Morgan fingerprint density at radius 1 is 1.53 bits per heavy atom. The van der Waals surface area contributed by atoms with Crippen molar-refractivity contribution in [2.24, 2.45) is 0 Å². The van der Waals surface area contributed by atoms with Crippen LogP contribution in [0, 0.1) is 0 Å². The van der Waals surface area contributed by atoms with Gasteiger partial charge in [0.25, 0.3) is 0 Å². The van der Waals surface area contributed by atoms with E-state index in [0.717, 1.165) is 10.0 Å². The van der Waals surface area contributed by atoms with E-state index in [9.17, 15) is 4.79 Å². The minimum atomic E-state index is -0.828. The van der Waals surface area contributed by atoms with Crippen LogP contribution in [0.1, 0.15) is 18.0 Å². The summed E-state index contributed by atoms with van der Waals surface area (Å²) in [5.41, 5.74) is 0.870. The lowest BCUT2D eigenvalue weighted by molar-refractivity contribution is -0.138. The van der Waals surface area contributed by atoms with E-state index in [-0.39, 0.29) is 12.5 Å². The first kappa shape index (κ1) is 14.0. The van der Waals surface area contributed by atoms with Crippen molar-refractivity contribution < 1.29 is 14.6 Å². The zero-order valence-corrected chi connectivity index (χ0v) is 11.7. The van der Waals surface area contributed by atoms with Gasteiger partial charge in [-0.3, -0.25) is 4.79 Å². The number of carboxylic acid groups (broad SMARTS) is 1. The van der Waals surface area contributed by atoms with Crippen LogP contribution in [0.2, 0.25) is 0 Å². The Balaban J connectivity index is 3.16. The normalized spacial score (nSPS) is 12.5. The lowest BCUT2D eigenvalue weighted by atomic mass is 10.0. The molecular formula is C12H16BrNO3. The van der Waals surface area contributed by atoms with Gasteiger partial charge < -0.3 is 14.7 Å². The van der Waals surface area contributed by atoms with Crippen LogP contribution >= 0.6 is 15.9 Å². The second-order valence-electron chi connectivity index (χ2n) is 3.96. The molecule has 0 aromatic heterocycles. The lowest BCUT2D eigenvalue weighted by Crippen LogP contribution is -2.23. The monoisotopic (exact) mass is 301 g/mol. The molecule has 1 N–H and O–H groups in total. The number of hydrogen-bond acceptors (Lipinski definition) is 3. The second-order valence-corrected chi connectivity index (χ2v) is 4.88. The molecule has 17 heavy (non-hydrogen) atoms. The molecule has 0 fully saturated rings. The summed E-state index contributed by atoms with van der Waals surface area (Å²) in [4.78, 5) is 12.8. The Labute approximate surface area is 109 Å². The van der Waals surface area contributed by atoms with E-state index < -0.39 is 5.97 Å². The summed E-state index contributed by atoms with van der Waals surface area (Å²) in [6, 6.07) is 5.39. The summed E-state index contributed by atoms with van der Waals surface area (Å²) < 4.78 is 6.18. The number of carboxylic acids is 1. The standard InChI is InChI=1S/C12H16BrNO3/c1-14(2)10(7-12(15)16)9-6-8(13)4-5-11(9)17-3/h4-6,10H,7H2,1-3H3,(H,15,16). The molecule has 1 aromatic carbocycles. The van der Waals surface area contributed by atoms with Crippen molar-refractivity contribution in [2.75, 3.05) is 21.2 Å². The highest BCUT2D eigenvalue weighted by molar-refractivity contribution is 9.10. The Hall–Kier alpha value is -1.07. The van der Waals surface area contributed by atoms with Crippen molar-refractivity contribution in [3.05, 3.63) is 28.2 Å². The number of aliphatic carboxylic acids is 1. The van der Waals surface area contributed by atoms with Crippen molar-refractivity contribution in [3.63, 3.8) is 0 Å². The van der Waals surface area contributed by atoms with Crippen LogP contribution in [0.4, 0.5) is 0 Å². The van der Waals surface area contributed by atoms with Crippen LogP contribution < -0.4 is 4.74 Å². The molecule has 4 nitrogen and oxygen atoms in total. The predicted molar refractivity (Wildman–Crippen MR) is 69.4 cm³/mol. The molecule has 1 unspecified atom stereocenters. The molecule has 0 aliphatic heterocycles. The van der Waals surface area contributed by atoms with E-state index in [2.05, 4.69) is 15.9 Å². The van der Waals surface area contributed by atoms with E-state index in [1.54, 1.807) is 7.11 Å². The maximum Gasteiger partial charge on any atom is 0.305 e. The SMILES string of the molecule is COc1ccc(Br)cc1C(CC(=O)O)N(C)C. The van der Waals surface area contributed by atoms with Gasteiger partial charge in [0, 0.05) is 16.1 Å². The van der Waals surface area contributed by atoms with Gasteiger partial charge in [-0.1, -0.05) is 15.9 Å². The Morgan fingerprint density at radius 3 is 2.65 bits per heavy atom. The van der Waals surface area contributed by atoms with Crippen molar-refractivity contribution in [3.8, 4) is 5.75 Å². The molecule has 0 spiro atoms. The predicted octanol–water partition coefficient (Wildman–Crippen LogP) is 2.54. The minimum absolute atomic E-state index is 0.0415. The van der Waals surface area contributed by atoms with Gasteiger partial charge in [0.2, 0.25) is 0 Å². The van der Waals surface area contributed by atoms with Crippen molar-refractivity contribution in [1.29, 1.82) is 0 Å². The number of halogens is 1. The van der Waals surface area contributed by atoms with Gasteiger partial charge in [-0.25, -0.2) is 0 Å². The maximum absolute atomic E-state index is 10.9. The third kappa shape index (κ3) is 3.71. The van der Waals surface area contributed by atoms with Crippen molar-refractivity contribution in [1.82, 2.24) is 4.90 Å². The van der Waals surface area contributed by atoms with Crippen LogP contribution in [0.25, 0.3) is 0 Å². The summed E-state index contributed by atoms with van der Waals surface area (Å²) in [5, 5.41) is 8.95. The van der Waals surface area contributed by atoms with Gasteiger partial charge >= 0.3 is 5.97 Å². The number of carbonyl (C=O) groups is 1. The summed E-state index contributed by atoms with van der Waals surface area (Å²) >= 11 is 3.39. The number of hydrogen-bond donors (Lipinski definition) is 1. The van der Waals surface area contributed by atoms with E-state index in [1.165, 1.54) is 0 Å². The van der Waals surface area contributed by atoms with Gasteiger partial charge in [-0.15, -0.1) is 0 Å². The highest BCUT2D eigenvalue weighted by Crippen LogP contribution is 2.32. The molecule has 1 atom stereocenters. The van der Waals surface area contributed by atoms with E-state index in [1.807, 2.05) is 37.2 Å². The van der Waals surface area contributed by atoms with Crippen molar-refractivity contribution in [2.45, 2.75) is 12.5 Å². The zero-order chi connectivity index (χ0) is 13.0. The van der Waals surface area contributed by atoms with E-state index in [4.69, 9.17) is 9.84 Å². The Bertz CT molecular complexity index is 407. The van der Waals surface area contributed by atoms with Gasteiger partial charge in [-0.05, 0) is 32.3 Å². The van der Waals surface area contributed by atoms with Gasteiger partial charge in [-0.2, -0.15) is 0 Å². The third-order valence-electron chi connectivity index (χ3n) is 2.54. The molecule has 5 heteroatoms. The molecular weight excluding hydrogens is 286 g/mol. The molecule has 0 aliphatic carbocycles. The molecule has 1 rings (SSSR count). The number of methoxy groups -OCH3 is 1. The Morgan fingerprint density at radius 2 is 2.18 bits per heavy atom. The first-order valence-electron chi connectivity index (χ1n) is 5.17. The fourth-order valence-electron chi connectivity index (χ4n) is 1.70. The smallest absolute Gasteiger partial charge is 0.305 e. The topological polar surface area (TPSA) is 49.8 Å². The highest BCUT2D eigenvalue weighted by Gasteiger charge is 2.21. The number of rotatable bonds is 5. The summed E-state index contributed by atoms with van der Waals surface area (Å²) in [7, 11) is 5.29. The molecule has 1 aromatic rings. The first-order valence-corrected chi connectivity index (χ1v) is 5.96. The van der Waals surface area contributed by atoms with Crippen LogP contribution in [0.15, 0.2) is 22.7 Å². The quantitative estimate of drug-likeness (QED) is 0.908. The maximum atomic E-state index is 10.9. The molecule has 0 aliphatic rings. The fraction of sp³-hybridized carbons (Fsp3) is 0.417. The molecule has 0 saturated heterocycles. The van der Waals surface area contributed by atoms with Gasteiger partial charge in [0.1, 0.15) is 5.75 Å². The van der Waals surface area contributed by atoms with Crippen LogP contribution in [-0.4, -0.2) is 37.2 Å². The Kier molecular flexibility index (Phi) is 4.96. The lowest BCUT2D eigenvalue weighted by Gasteiger charge is -2.25. The zero-order valence-electron chi connectivity index (χ0n) is 10.1. The number of ether oxygens (including phenoxy) is 1. The second kappa shape index (κ2) is 6.02. The highest BCUT2D eigenvalue weighted by atomic mass is 79.9. The largest absolute Gasteiger partial charge is 0.496 e. The number of benzene rings is 1. The summed E-state index contributed by atoms with van der Waals surface area (Å²) in [6.45, 7) is 0. The van der Waals surface area contributed by atoms with E-state index >= 15 is 0 Å². The molecule has 0 heterocycles. The van der Waals surface area contributed by atoms with Crippen molar-refractivity contribution >= 4 is 21.9 Å². The van der Waals surface area contributed by atoms with E-state index in [0.29, 0.717) is 5.75 Å². The van der Waals surface area contributed by atoms with Crippen LogP contribution in [0.3, 0.4) is 0 Å². The summed E-state index contributed by atoms with van der Waals surface area (Å²) in [6.07, 6.45) is 0.0415. The average molecular weight is 302 g/mol.